The van der Waals surface area contributed by atoms with Gasteiger partial charge in [-0.05, 0) is 42.5 Å². The fraction of sp³-hybridized carbons (Fsp3) is 0.167. The first kappa shape index (κ1) is 17.4. The van der Waals surface area contributed by atoms with Gasteiger partial charge in [0.05, 0.1) is 12.5 Å². The second kappa shape index (κ2) is 7.25. The quantitative estimate of drug-likeness (QED) is 0.554. The molecule has 0 aliphatic heterocycles. The maximum atomic E-state index is 12.4. The minimum absolute atomic E-state index is 0.258. The number of nitrogens with zero attached hydrogens (tertiary/aromatic N) is 1. The van der Waals surface area contributed by atoms with Crippen molar-refractivity contribution >= 4 is 51.4 Å². The number of benzene rings is 1. The van der Waals surface area contributed by atoms with Gasteiger partial charge in [-0.25, -0.2) is 9.78 Å². The SMILES string of the molecule is COC(=O)c1sc2nc(/C=C/c3ccc(SC)cc3)[nH]c(=O)c2c1C. The summed E-state index contributed by atoms with van der Waals surface area (Å²) in [4.78, 5) is 33.5. The van der Waals surface area contributed by atoms with Crippen LogP contribution in [-0.2, 0) is 4.74 Å². The number of esters is 1. The molecular formula is C18H16N2O3S2. The Kier molecular flexibility index (Phi) is 5.06. The van der Waals surface area contributed by atoms with E-state index in [1.165, 1.54) is 23.3 Å². The minimum atomic E-state index is -0.453. The molecule has 0 aliphatic rings. The fourth-order valence-corrected chi connectivity index (χ4v) is 3.93. The van der Waals surface area contributed by atoms with Gasteiger partial charge < -0.3 is 9.72 Å². The largest absolute Gasteiger partial charge is 0.465 e. The molecule has 1 N–H and O–H groups in total. The third-order valence-corrected chi connectivity index (χ3v) is 5.65. The average molecular weight is 372 g/mol. The highest BCUT2D eigenvalue weighted by Crippen LogP contribution is 2.27. The second-order valence-electron chi connectivity index (χ2n) is 5.29. The number of aryl methyl sites for hydroxylation is 1. The first-order chi connectivity index (χ1) is 12.0. The number of hydrogen-bond acceptors (Lipinski definition) is 6. The molecule has 0 amide bonds. The van der Waals surface area contributed by atoms with Crippen molar-refractivity contribution in [1.82, 2.24) is 9.97 Å². The van der Waals surface area contributed by atoms with Crippen LogP contribution in [0.4, 0.5) is 0 Å². The van der Waals surface area contributed by atoms with Crippen molar-refractivity contribution in [3.05, 3.63) is 56.4 Å². The van der Waals surface area contributed by atoms with Crippen LogP contribution in [0.25, 0.3) is 22.4 Å². The van der Waals surface area contributed by atoms with Gasteiger partial charge in [0.2, 0.25) is 0 Å². The Hall–Kier alpha value is -2.38. The van der Waals surface area contributed by atoms with Crippen LogP contribution in [0.3, 0.4) is 0 Å². The normalized spacial score (nSPS) is 11.3. The topological polar surface area (TPSA) is 72.0 Å². The summed E-state index contributed by atoms with van der Waals surface area (Å²) in [5.74, 6) is -0.00464. The number of carbonyl (C=O) groups excluding carboxylic acids is 1. The van der Waals surface area contributed by atoms with Crippen LogP contribution in [0.5, 0.6) is 0 Å². The van der Waals surface area contributed by atoms with Crippen LogP contribution < -0.4 is 5.56 Å². The predicted molar refractivity (Wildman–Crippen MR) is 103 cm³/mol. The Balaban J connectivity index is 1.98. The summed E-state index contributed by atoms with van der Waals surface area (Å²) < 4.78 is 4.76. The summed E-state index contributed by atoms with van der Waals surface area (Å²) in [5.41, 5.74) is 1.35. The van der Waals surface area contributed by atoms with Crippen molar-refractivity contribution in [2.75, 3.05) is 13.4 Å². The Morgan fingerprint density at radius 2 is 2.00 bits per heavy atom. The summed E-state index contributed by atoms with van der Waals surface area (Å²) in [7, 11) is 1.32. The Labute approximate surface area is 152 Å². The van der Waals surface area contributed by atoms with E-state index in [1.54, 1.807) is 24.8 Å². The number of nitrogens with one attached hydrogen (secondary N) is 1. The lowest BCUT2D eigenvalue weighted by atomic mass is 10.2. The summed E-state index contributed by atoms with van der Waals surface area (Å²) >= 11 is 2.85. The van der Waals surface area contributed by atoms with Gasteiger partial charge >= 0.3 is 5.97 Å². The molecule has 0 unspecified atom stereocenters. The van der Waals surface area contributed by atoms with Gasteiger partial charge in [-0.2, -0.15) is 0 Å². The number of methoxy groups -OCH3 is 1. The molecular weight excluding hydrogens is 356 g/mol. The first-order valence-corrected chi connectivity index (χ1v) is 9.51. The number of thioether (sulfide) groups is 1. The van der Waals surface area contributed by atoms with E-state index in [0.29, 0.717) is 26.5 Å². The maximum Gasteiger partial charge on any atom is 0.348 e. The lowest BCUT2D eigenvalue weighted by molar-refractivity contribution is 0.0605. The number of H-pyrrole nitrogens is 1. The van der Waals surface area contributed by atoms with Gasteiger partial charge in [-0.1, -0.05) is 18.2 Å². The van der Waals surface area contributed by atoms with Crippen molar-refractivity contribution in [2.45, 2.75) is 11.8 Å². The molecule has 0 bridgehead atoms. The van der Waals surface area contributed by atoms with Crippen molar-refractivity contribution in [3.8, 4) is 0 Å². The number of fused-ring (bicyclic) bond motifs is 1. The van der Waals surface area contributed by atoms with E-state index in [2.05, 4.69) is 9.97 Å². The zero-order valence-electron chi connectivity index (χ0n) is 14.0. The molecule has 0 fully saturated rings. The molecule has 2 aromatic heterocycles. The molecule has 3 aromatic rings. The zero-order chi connectivity index (χ0) is 18.0. The van der Waals surface area contributed by atoms with Crippen LogP contribution >= 0.6 is 23.1 Å². The van der Waals surface area contributed by atoms with E-state index in [4.69, 9.17) is 4.74 Å². The lowest BCUT2D eigenvalue weighted by Crippen LogP contribution is -2.09. The first-order valence-electron chi connectivity index (χ1n) is 7.47. The van der Waals surface area contributed by atoms with Crippen molar-refractivity contribution in [2.24, 2.45) is 0 Å². The Morgan fingerprint density at radius 1 is 1.28 bits per heavy atom. The molecule has 25 heavy (non-hydrogen) atoms. The maximum absolute atomic E-state index is 12.4. The van der Waals surface area contributed by atoms with Crippen molar-refractivity contribution < 1.29 is 9.53 Å². The van der Waals surface area contributed by atoms with E-state index < -0.39 is 5.97 Å². The standard InChI is InChI=1S/C18H16N2O3S2/c1-10-14-16(21)19-13(20-17(14)25-15(10)18(22)23-2)9-6-11-4-7-12(24-3)8-5-11/h4-9H,1-3H3,(H,19,20,21)/b9-6+. The number of rotatable bonds is 4. The Bertz CT molecular complexity index is 1020. The number of aromatic amines is 1. The molecule has 0 aliphatic carbocycles. The average Bonchev–Trinajstić information content (AvgIpc) is 2.96. The smallest absolute Gasteiger partial charge is 0.348 e. The van der Waals surface area contributed by atoms with Gasteiger partial charge in [0, 0.05) is 4.90 Å². The summed E-state index contributed by atoms with van der Waals surface area (Å²) in [6, 6.07) is 8.08. The predicted octanol–water partition coefficient (Wildman–Crippen LogP) is 3.97. The second-order valence-corrected chi connectivity index (χ2v) is 7.16. The van der Waals surface area contributed by atoms with E-state index in [9.17, 15) is 9.59 Å². The van der Waals surface area contributed by atoms with Crippen LogP contribution in [0.2, 0.25) is 0 Å². The van der Waals surface area contributed by atoms with Crippen LogP contribution in [0.15, 0.2) is 34.0 Å². The number of ether oxygens (including phenoxy) is 1. The molecule has 0 saturated heterocycles. The summed E-state index contributed by atoms with van der Waals surface area (Å²) in [5, 5.41) is 0.437. The molecule has 1 aromatic carbocycles. The van der Waals surface area contributed by atoms with Crippen LogP contribution in [-0.4, -0.2) is 29.3 Å². The molecule has 3 rings (SSSR count). The van der Waals surface area contributed by atoms with E-state index in [0.717, 1.165) is 5.56 Å². The molecule has 0 radical (unpaired) electrons. The third-order valence-electron chi connectivity index (χ3n) is 3.74. The highest BCUT2D eigenvalue weighted by atomic mass is 32.2. The van der Waals surface area contributed by atoms with Crippen molar-refractivity contribution in [3.63, 3.8) is 0 Å². The van der Waals surface area contributed by atoms with Gasteiger partial charge in [0.25, 0.3) is 5.56 Å². The summed E-state index contributed by atoms with van der Waals surface area (Å²) in [6.45, 7) is 1.73. The minimum Gasteiger partial charge on any atom is -0.465 e. The molecule has 2 heterocycles. The van der Waals surface area contributed by atoms with Crippen molar-refractivity contribution in [1.29, 1.82) is 0 Å². The number of carbonyl (C=O) groups is 1. The molecule has 0 atom stereocenters. The number of aromatic nitrogens is 2. The molecule has 0 saturated carbocycles. The Morgan fingerprint density at radius 3 is 2.64 bits per heavy atom. The van der Waals surface area contributed by atoms with E-state index in [-0.39, 0.29) is 5.56 Å². The van der Waals surface area contributed by atoms with Crippen LogP contribution in [0.1, 0.15) is 26.6 Å². The van der Waals surface area contributed by atoms with E-state index in [1.807, 2.05) is 36.6 Å². The lowest BCUT2D eigenvalue weighted by Gasteiger charge is -1.98. The van der Waals surface area contributed by atoms with E-state index >= 15 is 0 Å². The molecule has 5 nitrogen and oxygen atoms in total. The zero-order valence-corrected chi connectivity index (χ0v) is 15.6. The number of hydrogen-bond donors (Lipinski definition) is 1. The third kappa shape index (κ3) is 3.52. The molecule has 7 heteroatoms. The van der Waals surface area contributed by atoms with Gasteiger partial charge in [-0.15, -0.1) is 23.1 Å². The highest BCUT2D eigenvalue weighted by Gasteiger charge is 2.19. The monoisotopic (exact) mass is 372 g/mol. The molecule has 0 spiro atoms. The number of thiophene rings is 1. The summed E-state index contributed by atoms with van der Waals surface area (Å²) in [6.07, 6.45) is 5.66. The highest BCUT2D eigenvalue weighted by molar-refractivity contribution is 7.98. The van der Waals surface area contributed by atoms with Gasteiger partial charge in [0.1, 0.15) is 15.5 Å². The van der Waals surface area contributed by atoms with Gasteiger partial charge in [-0.3, -0.25) is 4.79 Å². The van der Waals surface area contributed by atoms with Crippen LogP contribution in [0, 0.1) is 6.92 Å². The fourth-order valence-electron chi connectivity index (χ4n) is 2.42. The molecule has 128 valence electrons. The van der Waals surface area contributed by atoms with Gasteiger partial charge in [0.15, 0.2) is 0 Å².